The zero-order chi connectivity index (χ0) is 16.4. The molecule has 1 fully saturated rings. The van der Waals surface area contributed by atoms with Crippen molar-refractivity contribution in [2.24, 2.45) is 0 Å². The van der Waals surface area contributed by atoms with Crippen LogP contribution in [0, 0.1) is 6.92 Å². The second-order valence-electron chi connectivity index (χ2n) is 5.07. The lowest BCUT2D eigenvalue weighted by Gasteiger charge is -2.39. The van der Waals surface area contributed by atoms with E-state index in [4.69, 9.17) is 14.6 Å². The molecule has 8 heteroatoms. The predicted molar refractivity (Wildman–Crippen MR) is 72.5 cm³/mol. The molecule has 1 saturated heterocycles. The number of hydrogen-bond acceptors (Lipinski definition) is 7. The summed E-state index contributed by atoms with van der Waals surface area (Å²) in [5.41, 5.74) is 0.356. The summed E-state index contributed by atoms with van der Waals surface area (Å²) < 4.78 is 10.5. The largest absolute Gasteiger partial charge is 0.478 e. The lowest BCUT2D eigenvalue weighted by Crippen LogP contribution is -2.60. The molecule has 2 rings (SSSR count). The van der Waals surface area contributed by atoms with E-state index in [-0.39, 0.29) is 11.3 Å². The van der Waals surface area contributed by atoms with Gasteiger partial charge in [0, 0.05) is 0 Å². The topological polar surface area (TPSA) is 137 Å². The Morgan fingerprint density at radius 2 is 1.91 bits per heavy atom. The number of ether oxygens (including phenoxy) is 2. The van der Waals surface area contributed by atoms with Crippen LogP contribution in [0.1, 0.15) is 15.9 Å². The maximum Gasteiger partial charge on any atom is 0.339 e. The van der Waals surface area contributed by atoms with Gasteiger partial charge in [-0.05, 0) is 18.6 Å². The van der Waals surface area contributed by atoms with Crippen molar-refractivity contribution in [1.29, 1.82) is 0 Å². The quantitative estimate of drug-likeness (QED) is 0.471. The van der Waals surface area contributed by atoms with Crippen molar-refractivity contribution in [2.45, 2.75) is 37.6 Å². The third-order valence-corrected chi connectivity index (χ3v) is 3.54. The van der Waals surface area contributed by atoms with Gasteiger partial charge in [0.2, 0.25) is 6.29 Å². The van der Waals surface area contributed by atoms with E-state index in [0.717, 1.165) is 0 Å². The summed E-state index contributed by atoms with van der Waals surface area (Å²) in [6.45, 7) is 0.994. The molecule has 1 aliphatic rings. The first-order chi connectivity index (χ1) is 10.4. The molecule has 1 heterocycles. The van der Waals surface area contributed by atoms with Gasteiger partial charge in [0.25, 0.3) is 0 Å². The number of aliphatic hydroxyl groups excluding tert-OH is 4. The number of carboxylic acid groups (broad SMARTS) is 1. The van der Waals surface area contributed by atoms with Gasteiger partial charge in [0.15, 0.2) is 0 Å². The average molecular weight is 314 g/mol. The van der Waals surface area contributed by atoms with Crippen LogP contribution in [0.5, 0.6) is 5.75 Å². The van der Waals surface area contributed by atoms with Crippen molar-refractivity contribution < 1.29 is 39.8 Å². The molecule has 5 atom stereocenters. The Balaban J connectivity index is 2.27. The molecule has 0 radical (unpaired) electrons. The first-order valence-corrected chi connectivity index (χ1v) is 6.67. The molecule has 0 aromatic heterocycles. The molecule has 122 valence electrons. The summed E-state index contributed by atoms with van der Waals surface area (Å²) in [6.07, 6.45) is -7.23. The van der Waals surface area contributed by atoms with Crippen LogP contribution in [0.25, 0.3) is 0 Å². The van der Waals surface area contributed by atoms with Crippen molar-refractivity contribution >= 4 is 5.97 Å². The van der Waals surface area contributed by atoms with Crippen molar-refractivity contribution in [3.63, 3.8) is 0 Å². The molecular weight excluding hydrogens is 296 g/mol. The average Bonchev–Trinajstić information content (AvgIpc) is 2.47. The smallest absolute Gasteiger partial charge is 0.339 e. The van der Waals surface area contributed by atoms with Crippen molar-refractivity contribution in [1.82, 2.24) is 0 Å². The van der Waals surface area contributed by atoms with Crippen molar-refractivity contribution in [3.05, 3.63) is 29.3 Å². The van der Waals surface area contributed by atoms with Gasteiger partial charge in [-0.2, -0.15) is 0 Å². The second-order valence-corrected chi connectivity index (χ2v) is 5.07. The van der Waals surface area contributed by atoms with Gasteiger partial charge in [-0.1, -0.05) is 12.1 Å². The number of rotatable bonds is 4. The molecule has 1 aromatic carbocycles. The van der Waals surface area contributed by atoms with Crippen LogP contribution in [0.4, 0.5) is 0 Å². The maximum absolute atomic E-state index is 11.3. The van der Waals surface area contributed by atoms with Gasteiger partial charge < -0.3 is 35.0 Å². The molecule has 5 N–H and O–H groups in total. The Labute approximate surface area is 126 Å². The van der Waals surface area contributed by atoms with Gasteiger partial charge in [-0.25, -0.2) is 4.79 Å². The summed E-state index contributed by atoms with van der Waals surface area (Å²) in [7, 11) is 0. The van der Waals surface area contributed by atoms with Gasteiger partial charge in [-0.15, -0.1) is 0 Å². The summed E-state index contributed by atoms with van der Waals surface area (Å²) >= 11 is 0. The number of benzene rings is 1. The minimum atomic E-state index is -1.60. The summed E-state index contributed by atoms with van der Waals surface area (Å²) in [6, 6.07) is 4.54. The van der Waals surface area contributed by atoms with Gasteiger partial charge in [-0.3, -0.25) is 0 Å². The number of carbonyl (C=O) groups is 1. The second kappa shape index (κ2) is 6.59. The number of aromatic carboxylic acids is 1. The maximum atomic E-state index is 11.3. The lowest BCUT2D eigenvalue weighted by atomic mass is 9.99. The molecule has 0 bridgehead atoms. The number of carboxylic acids is 1. The third kappa shape index (κ3) is 3.06. The van der Waals surface area contributed by atoms with E-state index < -0.39 is 43.3 Å². The van der Waals surface area contributed by atoms with Crippen LogP contribution in [0.3, 0.4) is 0 Å². The van der Waals surface area contributed by atoms with Crippen LogP contribution >= 0.6 is 0 Å². The fourth-order valence-corrected chi connectivity index (χ4v) is 2.30. The fraction of sp³-hybridized carbons (Fsp3) is 0.500. The normalized spacial score (nSPS) is 31.8. The Morgan fingerprint density at radius 1 is 1.23 bits per heavy atom. The van der Waals surface area contributed by atoms with Crippen LogP contribution in [-0.2, 0) is 4.74 Å². The van der Waals surface area contributed by atoms with E-state index in [1.807, 2.05) is 0 Å². The molecule has 8 nitrogen and oxygen atoms in total. The molecule has 0 unspecified atom stereocenters. The van der Waals surface area contributed by atoms with Crippen LogP contribution < -0.4 is 4.74 Å². The lowest BCUT2D eigenvalue weighted by molar-refractivity contribution is -0.277. The van der Waals surface area contributed by atoms with Gasteiger partial charge in [0.05, 0.1) is 6.61 Å². The molecular formula is C14H18O8. The summed E-state index contributed by atoms with van der Waals surface area (Å²) in [4.78, 5) is 11.3. The van der Waals surface area contributed by atoms with Crippen LogP contribution in [0.2, 0.25) is 0 Å². The van der Waals surface area contributed by atoms with Crippen molar-refractivity contribution in [3.8, 4) is 5.75 Å². The van der Waals surface area contributed by atoms with Crippen LogP contribution in [-0.4, -0.2) is 68.8 Å². The minimum absolute atomic E-state index is 0.0446. The molecule has 0 amide bonds. The third-order valence-electron chi connectivity index (χ3n) is 3.54. The van der Waals surface area contributed by atoms with Crippen molar-refractivity contribution in [2.75, 3.05) is 6.61 Å². The van der Waals surface area contributed by atoms with E-state index >= 15 is 0 Å². The zero-order valence-electron chi connectivity index (χ0n) is 11.8. The molecule has 0 saturated carbocycles. The highest BCUT2D eigenvalue weighted by Crippen LogP contribution is 2.28. The Kier molecular flexibility index (Phi) is 4.99. The van der Waals surface area contributed by atoms with E-state index in [1.54, 1.807) is 19.1 Å². The first kappa shape index (κ1) is 16.7. The summed E-state index contributed by atoms with van der Waals surface area (Å²) in [5.74, 6) is -1.26. The minimum Gasteiger partial charge on any atom is -0.478 e. The highest BCUT2D eigenvalue weighted by atomic mass is 16.7. The molecule has 1 aliphatic heterocycles. The van der Waals surface area contributed by atoms with Gasteiger partial charge in [0.1, 0.15) is 35.7 Å². The first-order valence-electron chi connectivity index (χ1n) is 6.67. The highest BCUT2D eigenvalue weighted by molar-refractivity contribution is 5.92. The molecule has 22 heavy (non-hydrogen) atoms. The monoisotopic (exact) mass is 314 g/mol. The number of aliphatic hydroxyl groups is 4. The van der Waals surface area contributed by atoms with Gasteiger partial charge >= 0.3 is 5.97 Å². The molecule has 0 aliphatic carbocycles. The van der Waals surface area contributed by atoms with E-state index in [9.17, 15) is 25.2 Å². The summed E-state index contributed by atoms with van der Waals surface area (Å²) in [5, 5.41) is 47.6. The zero-order valence-corrected chi connectivity index (χ0v) is 11.8. The number of aryl methyl sites for hydroxylation is 1. The SMILES string of the molecule is Cc1cccc(O[C@@H]2O[C@H](CO)[C@@H](O)[C@H](O)[C@H]2O)c1C(=O)O. The van der Waals surface area contributed by atoms with E-state index in [2.05, 4.69) is 0 Å². The van der Waals surface area contributed by atoms with E-state index in [1.165, 1.54) is 6.07 Å². The highest BCUT2D eigenvalue weighted by Gasteiger charge is 2.45. The Morgan fingerprint density at radius 3 is 2.50 bits per heavy atom. The predicted octanol–water partition coefficient (Wildman–Crippen LogP) is -1.13. The molecule has 0 spiro atoms. The molecule has 1 aromatic rings. The standard InChI is InChI=1S/C14H18O8/c1-6-3-2-4-7(9(6)13(19)20)21-14-12(18)11(17)10(16)8(5-15)22-14/h2-4,8,10-12,14-18H,5H2,1H3,(H,19,20)/t8-,10-,11+,12-,14-/m1/s1. The fourth-order valence-electron chi connectivity index (χ4n) is 2.30. The number of hydrogen-bond donors (Lipinski definition) is 5. The van der Waals surface area contributed by atoms with Crippen LogP contribution in [0.15, 0.2) is 18.2 Å². The Bertz CT molecular complexity index is 544. The van der Waals surface area contributed by atoms with E-state index in [0.29, 0.717) is 5.56 Å². The Hall–Kier alpha value is -1.71.